The molecule has 1 N–H and O–H groups in total. The van der Waals surface area contributed by atoms with Gasteiger partial charge in [-0.05, 0) is 32.0 Å². The second kappa shape index (κ2) is 5.07. The Labute approximate surface area is 107 Å². The number of nitrogens with zero attached hydrogens (tertiary/aromatic N) is 1. The van der Waals surface area contributed by atoms with Crippen molar-refractivity contribution >= 4 is 17.5 Å². The Kier molecular flexibility index (Phi) is 3.69. The minimum Gasteiger partial charge on any atom is -0.333 e. The number of rotatable bonds is 1. The number of hydrogen-bond donors (Lipinski definition) is 1. The summed E-state index contributed by atoms with van der Waals surface area (Å²) in [5.74, 6) is 0.0633. The van der Waals surface area contributed by atoms with Gasteiger partial charge >= 0.3 is 0 Å². The van der Waals surface area contributed by atoms with Crippen molar-refractivity contribution in [2.24, 2.45) is 0 Å². The van der Waals surface area contributed by atoms with Crippen LogP contribution in [0.2, 0.25) is 5.02 Å². The predicted octanol–water partition coefficient (Wildman–Crippen LogP) is 2.16. The molecule has 0 radical (unpaired) electrons. The molecule has 17 heavy (non-hydrogen) atoms. The zero-order chi connectivity index (χ0) is 12.4. The molecule has 1 aromatic carbocycles. The van der Waals surface area contributed by atoms with Crippen LogP contribution in [0.25, 0.3) is 0 Å². The van der Waals surface area contributed by atoms with Crippen molar-refractivity contribution in [2.75, 3.05) is 13.1 Å². The molecule has 1 saturated heterocycles. The predicted molar refractivity (Wildman–Crippen MR) is 69.4 cm³/mol. The Morgan fingerprint density at radius 2 is 2.24 bits per heavy atom. The maximum Gasteiger partial charge on any atom is 0.254 e. The summed E-state index contributed by atoms with van der Waals surface area (Å²) >= 11 is 5.91. The van der Waals surface area contributed by atoms with E-state index in [0.717, 1.165) is 13.1 Å². The van der Waals surface area contributed by atoms with Gasteiger partial charge in [-0.1, -0.05) is 17.7 Å². The molecule has 2 unspecified atom stereocenters. The van der Waals surface area contributed by atoms with Gasteiger partial charge < -0.3 is 10.2 Å². The first-order valence-corrected chi connectivity index (χ1v) is 6.25. The number of carbonyl (C=O) groups is 1. The molecule has 1 aromatic rings. The molecule has 0 aliphatic carbocycles. The van der Waals surface area contributed by atoms with Gasteiger partial charge in [0.25, 0.3) is 5.91 Å². The van der Waals surface area contributed by atoms with Crippen LogP contribution >= 0.6 is 11.6 Å². The molecular weight excluding hydrogens is 236 g/mol. The number of nitrogens with one attached hydrogen (secondary N) is 1. The second-order valence-electron chi connectivity index (χ2n) is 4.63. The molecule has 3 nitrogen and oxygen atoms in total. The summed E-state index contributed by atoms with van der Waals surface area (Å²) in [4.78, 5) is 14.3. The average molecular weight is 253 g/mol. The van der Waals surface area contributed by atoms with Crippen LogP contribution in [0, 0.1) is 0 Å². The Bertz CT molecular complexity index is 422. The molecule has 2 rings (SSSR count). The lowest BCUT2D eigenvalue weighted by molar-refractivity contribution is 0.0616. The van der Waals surface area contributed by atoms with Crippen molar-refractivity contribution in [3.63, 3.8) is 0 Å². The van der Waals surface area contributed by atoms with Crippen LogP contribution in [0.4, 0.5) is 0 Å². The minimum atomic E-state index is 0.0633. The van der Waals surface area contributed by atoms with E-state index in [4.69, 9.17) is 11.6 Å². The van der Waals surface area contributed by atoms with E-state index in [1.807, 2.05) is 17.0 Å². The summed E-state index contributed by atoms with van der Waals surface area (Å²) in [6, 6.07) is 7.69. The van der Waals surface area contributed by atoms with Crippen LogP contribution in [0.3, 0.4) is 0 Å². The highest BCUT2D eigenvalue weighted by Gasteiger charge is 2.27. The third-order valence-electron chi connectivity index (χ3n) is 3.10. The highest BCUT2D eigenvalue weighted by atomic mass is 35.5. The second-order valence-corrected chi connectivity index (χ2v) is 5.06. The van der Waals surface area contributed by atoms with E-state index in [1.54, 1.807) is 12.1 Å². The van der Waals surface area contributed by atoms with E-state index in [2.05, 4.69) is 19.2 Å². The van der Waals surface area contributed by atoms with Crippen LogP contribution < -0.4 is 5.32 Å². The molecule has 0 spiro atoms. The van der Waals surface area contributed by atoms with Crippen LogP contribution in [-0.2, 0) is 0 Å². The van der Waals surface area contributed by atoms with Gasteiger partial charge in [0.1, 0.15) is 0 Å². The van der Waals surface area contributed by atoms with Crippen molar-refractivity contribution in [1.29, 1.82) is 0 Å². The Balaban J connectivity index is 2.18. The molecule has 4 heteroatoms. The van der Waals surface area contributed by atoms with Crippen molar-refractivity contribution < 1.29 is 4.79 Å². The van der Waals surface area contributed by atoms with Crippen molar-refractivity contribution in [3.8, 4) is 0 Å². The Morgan fingerprint density at radius 1 is 1.47 bits per heavy atom. The van der Waals surface area contributed by atoms with E-state index in [1.165, 1.54) is 0 Å². The van der Waals surface area contributed by atoms with E-state index >= 15 is 0 Å². The normalized spacial score (nSPS) is 24.8. The molecule has 0 saturated carbocycles. The summed E-state index contributed by atoms with van der Waals surface area (Å²) in [5, 5.41) is 3.96. The molecule has 0 aromatic heterocycles. The van der Waals surface area contributed by atoms with Gasteiger partial charge in [-0.3, -0.25) is 4.79 Å². The number of hydrogen-bond acceptors (Lipinski definition) is 2. The summed E-state index contributed by atoms with van der Waals surface area (Å²) in [6.07, 6.45) is 0. The minimum absolute atomic E-state index is 0.0633. The molecule has 2 atom stereocenters. The molecule has 0 bridgehead atoms. The first kappa shape index (κ1) is 12.4. The van der Waals surface area contributed by atoms with Gasteiger partial charge in [-0.15, -0.1) is 0 Å². The number of carbonyl (C=O) groups excluding carboxylic acids is 1. The van der Waals surface area contributed by atoms with Gasteiger partial charge in [0, 0.05) is 35.8 Å². The van der Waals surface area contributed by atoms with Crippen molar-refractivity contribution in [2.45, 2.75) is 25.9 Å². The van der Waals surface area contributed by atoms with Gasteiger partial charge in [-0.2, -0.15) is 0 Å². The molecule has 92 valence electrons. The zero-order valence-electron chi connectivity index (χ0n) is 10.1. The van der Waals surface area contributed by atoms with Crippen LogP contribution in [0.1, 0.15) is 24.2 Å². The lowest BCUT2D eigenvalue weighted by Gasteiger charge is -2.37. The fraction of sp³-hybridized carbons (Fsp3) is 0.462. The SMILES string of the molecule is CC1CN(C(=O)c2cccc(Cl)c2)C(C)CN1. The smallest absolute Gasteiger partial charge is 0.254 e. The monoisotopic (exact) mass is 252 g/mol. The van der Waals surface area contributed by atoms with E-state index < -0.39 is 0 Å². The van der Waals surface area contributed by atoms with Gasteiger partial charge in [-0.25, -0.2) is 0 Å². The lowest BCUT2D eigenvalue weighted by atomic mass is 10.1. The average Bonchev–Trinajstić information content (AvgIpc) is 2.31. The molecule has 1 amide bonds. The molecule has 1 aliphatic rings. The Hall–Kier alpha value is -1.06. The standard InChI is InChI=1S/C13H17ClN2O/c1-9-8-16(10(2)7-15-9)13(17)11-4-3-5-12(14)6-11/h3-6,9-10,15H,7-8H2,1-2H3. The quantitative estimate of drug-likeness (QED) is 0.831. The fourth-order valence-corrected chi connectivity index (χ4v) is 2.28. The first-order valence-electron chi connectivity index (χ1n) is 5.88. The lowest BCUT2D eigenvalue weighted by Crippen LogP contribution is -2.56. The third kappa shape index (κ3) is 2.79. The number of amides is 1. The van der Waals surface area contributed by atoms with Gasteiger partial charge in [0.15, 0.2) is 0 Å². The van der Waals surface area contributed by atoms with E-state index in [9.17, 15) is 4.79 Å². The van der Waals surface area contributed by atoms with Gasteiger partial charge in [0.05, 0.1) is 0 Å². The largest absolute Gasteiger partial charge is 0.333 e. The van der Waals surface area contributed by atoms with Gasteiger partial charge in [0.2, 0.25) is 0 Å². The number of benzene rings is 1. The summed E-state index contributed by atoms with van der Waals surface area (Å²) < 4.78 is 0. The van der Waals surface area contributed by atoms with E-state index in [-0.39, 0.29) is 11.9 Å². The highest BCUT2D eigenvalue weighted by molar-refractivity contribution is 6.30. The zero-order valence-corrected chi connectivity index (χ0v) is 10.9. The molecule has 1 fully saturated rings. The molecular formula is C13H17ClN2O. The van der Waals surface area contributed by atoms with Crippen LogP contribution in [-0.4, -0.2) is 36.0 Å². The fourth-order valence-electron chi connectivity index (χ4n) is 2.09. The summed E-state index contributed by atoms with van der Waals surface area (Å²) in [5.41, 5.74) is 0.665. The van der Waals surface area contributed by atoms with Crippen LogP contribution in [0.15, 0.2) is 24.3 Å². The molecule has 1 aliphatic heterocycles. The number of piperazine rings is 1. The van der Waals surface area contributed by atoms with E-state index in [0.29, 0.717) is 16.6 Å². The Morgan fingerprint density at radius 3 is 2.94 bits per heavy atom. The van der Waals surface area contributed by atoms with Crippen LogP contribution in [0.5, 0.6) is 0 Å². The van der Waals surface area contributed by atoms with Crippen molar-refractivity contribution in [1.82, 2.24) is 10.2 Å². The first-order chi connectivity index (χ1) is 8.08. The third-order valence-corrected chi connectivity index (χ3v) is 3.33. The summed E-state index contributed by atoms with van der Waals surface area (Å²) in [7, 11) is 0. The van der Waals surface area contributed by atoms with Crippen molar-refractivity contribution in [3.05, 3.63) is 34.9 Å². The number of halogens is 1. The highest BCUT2D eigenvalue weighted by Crippen LogP contribution is 2.16. The summed E-state index contributed by atoms with van der Waals surface area (Å²) in [6.45, 7) is 5.73. The topological polar surface area (TPSA) is 32.3 Å². The molecule has 1 heterocycles. The maximum atomic E-state index is 12.3. The maximum absolute atomic E-state index is 12.3.